The number of carbonyl (C=O) groups excluding carboxylic acids is 1. The highest BCUT2D eigenvalue weighted by Gasteiger charge is 1.83. The third-order valence-corrected chi connectivity index (χ3v) is 0.984. The summed E-state index contributed by atoms with van der Waals surface area (Å²) in [5.74, 6) is -0.521. The predicted octanol–water partition coefficient (Wildman–Crippen LogP) is 1.28. The van der Waals surface area contributed by atoms with E-state index in [4.69, 9.17) is 0 Å². The van der Waals surface area contributed by atoms with Gasteiger partial charge in [0.25, 0.3) is 0 Å². The molecule has 0 aromatic heterocycles. The van der Waals surface area contributed by atoms with Crippen molar-refractivity contribution in [3.05, 3.63) is 35.6 Å². The molecule has 9 heavy (non-hydrogen) atoms. The molecule has 0 atom stereocenters. The van der Waals surface area contributed by atoms with Crippen LogP contribution < -0.4 is 0 Å². The van der Waals surface area contributed by atoms with Gasteiger partial charge in [0.05, 0.1) is 6.29 Å². The first-order chi connectivity index (χ1) is 4.34. The zero-order valence-corrected chi connectivity index (χ0v) is 4.60. The molecule has 0 saturated carbocycles. The van der Waals surface area contributed by atoms with Crippen LogP contribution in [0.4, 0.5) is 4.39 Å². The lowest BCUT2D eigenvalue weighted by Crippen LogP contribution is -1.84. The minimum Gasteiger partial charge on any atom is -0.376 e. The minimum atomic E-state index is -0.521. The van der Waals surface area contributed by atoms with E-state index in [-0.39, 0.29) is 5.56 Å². The van der Waals surface area contributed by atoms with Crippen LogP contribution in [0.1, 0.15) is 5.56 Å². The molecule has 1 aromatic rings. The summed E-state index contributed by atoms with van der Waals surface area (Å²) in [5.41, 5.74) is -0.0162. The zero-order valence-electron chi connectivity index (χ0n) is 4.60. The molecule has 0 fully saturated rings. The molecule has 0 radical (unpaired) electrons. The molecule has 0 N–H and O–H groups in total. The van der Waals surface area contributed by atoms with Crippen molar-refractivity contribution >= 4 is 6.29 Å². The maximum atomic E-state index is 12.3. The number of halogens is 1. The third-order valence-electron chi connectivity index (χ3n) is 0.984. The first-order valence-electron chi connectivity index (χ1n) is 2.47. The van der Waals surface area contributed by atoms with Crippen molar-refractivity contribution in [2.45, 2.75) is 0 Å². The van der Waals surface area contributed by atoms with Crippen LogP contribution in [-0.4, -0.2) is 6.29 Å². The summed E-state index contributed by atoms with van der Waals surface area (Å²) in [5, 5.41) is 0. The van der Waals surface area contributed by atoms with E-state index >= 15 is 0 Å². The molecule has 0 aliphatic carbocycles. The van der Waals surface area contributed by atoms with Gasteiger partial charge in [0, 0.05) is 5.82 Å². The SMILES string of the molecule is O=[C-]c1ccccc1F. The quantitative estimate of drug-likeness (QED) is 0.514. The van der Waals surface area contributed by atoms with E-state index in [2.05, 4.69) is 0 Å². The van der Waals surface area contributed by atoms with Gasteiger partial charge in [-0.15, -0.1) is 11.6 Å². The van der Waals surface area contributed by atoms with E-state index < -0.39 is 5.82 Å². The molecular formula is C7H4FO-. The fourth-order valence-electron chi connectivity index (χ4n) is 0.544. The van der Waals surface area contributed by atoms with E-state index in [1.165, 1.54) is 24.5 Å². The molecule has 0 saturated heterocycles. The van der Waals surface area contributed by atoms with Crippen LogP contribution in [0, 0.1) is 5.82 Å². The summed E-state index contributed by atoms with van der Waals surface area (Å²) >= 11 is 0. The Bertz CT molecular complexity index is 220. The summed E-state index contributed by atoms with van der Waals surface area (Å²) in [6.45, 7) is 0. The lowest BCUT2D eigenvalue weighted by atomic mass is 10.2. The molecule has 1 nitrogen and oxygen atoms in total. The molecule has 1 aromatic carbocycles. The highest BCUT2D eigenvalue weighted by atomic mass is 19.1. The largest absolute Gasteiger partial charge is 0.376 e. The second-order valence-corrected chi connectivity index (χ2v) is 1.58. The maximum Gasteiger partial charge on any atom is 0.0654 e. The summed E-state index contributed by atoms with van der Waals surface area (Å²) in [6, 6.07) is 5.71. The van der Waals surface area contributed by atoms with Crippen LogP contribution >= 0.6 is 0 Å². The topological polar surface area (TPSA) is 17.1 Å². The third kappa shape index (κ3) is 1.13. The fourth-order valence-corrected chi connectivity index (χ4v) is 0.544. The molecular weight excluding hydrogens is 119 g/mol. The Morgan fingerprint density at radius 1 is 1.33 bits per heavy atom. The molecule has 0 unspecified atom stereocenters. The van der Waals surface area contributed by atoms with Gasteiger partial charge < -0.3 is 4.79 Å². The normalized spacial score (nSPS) is 9.00. The molecule has 46 valence electrons. The van der Waals surface area contributed by atoms with Crippen LogP contribution in [0.25, 0.3) is 0 Å². The van der Waals surface area contributed by atoms with Crippen LogP contribution in [0.3, 0.4) is 0 Å². The Hall–Kier alpha value is -1.18. The van der Waals surface area contributed by atoms with Crippen molar-refractivity contribution in [2.75, 3.05) is 0 Å². The van der Waals surface area contributed by atoms with Gasteiger partial charge in [0.1, 0.15) is 0 Å². The molecule has 0 amide bonds. The standard InChI is InChI=1S/C7H4FO/c8-7-4-2-1-3-6(7)5-9/h1-4H/q-1. The lowest BCUT2D eigenvalue weighted by Gasteiger charge is -1.99. The summed E-state index contributed by atoms with van der Waals surface area (Å²) in [6.07, 6.45) is 1.47. The number of rotatable bonds is 1. The smallest absolute Gasteiger partial charge is 0.0654 e. The highest BCUT2D eigenvalue weighted by molar-refractivity contribution is 5.75. The van der Waals surface area contributed by atoms with Gasteiger partial charge in [-0.2, -0.15) is 6.07 Å². The van der Waals surface area contributed by atoms with Gasteiger partial charge >= 0.3 is 0 Å². The van der Waals surface area contributed by atoms with Crippen molar-refractivity contribution in [1.82, 2.24) is 0 Å². The lowest BCUT2D eigenvalue weighted by molar-refractivity contribution is 0.556. The summed E-state index contributed by atoms with van der Waals surface area (Å²) in [4.78, 5) is 9.86. The van der Waals surface area contributed by atoms with E-state index in [1.54, 1.807) is 6.07 Å². The van der Waals surface area contributed by atoms with Crippen LogP contribution in [0.2, 0.25) is 0 Å². The Balaban J connectivity index is 3.15. The molecule has 0 aliphatic heterocycles. The Morgan fingerprint density at radius 3 is 2.44 bits per heavy atom. The number of hydrogen-bond acceptors (Lipinski definition) is 1. The van der Waals surface area contributed by atoms with Crippen molar-refractivity contribution in [3.63, 3.8) is 0 Å². The van der Waals surface area contributed by atoms with Crippen LogP contribution in [0.15, 0.2) is 24.3 Å². The predicted molar refractivity (Wildman–Crippen MR) is 31.2 cm³/mol. The Morgan fingerprint density at radius 2 is 2.00 bits per heavy atom. The summed E-state index contributed by atoms with van der Waals surface area (Å²) < 4.78 is 12.3. The van der Waals surface area contributed by atoms with E-state index in [0.717, 1.165) is 0 Å². The second-order valence-electron chi connectivity index (χ2n) is 1.58. The first kappa shape index (κ1) is 5.95. The Kier molecular flexibility index (Phi) is 1.58. The zero-order chi connectivity index (χ0) is 6.69. The van der Waals surface area contributed by atoms with Crippen molar-refractivity contribution < 1.29 is 9.18 Å². The van der Waals surface area contributed by atoms with Gasteiger partial charge in [-0.1, -0.05) is 12.1 Å². The molecule has 2 heteroatoms. The van der Waals surface area contributed by atoms with E-state index in [1.807, 2.05) is 0 Å². The molecule has 0 heterocycles. The minimum absolute atomic E-state index is 0.0162. The van der Waals surface area contributed by atoms with Gasteiger partial charge in [0.15, 0.2) is 0 Å². The maximum absolute atomic E-state index is 12.3. The highest BCUT2D eigenvalue weighted by Crippen LogP contribution is 2.01. The van der Waals surface area contributed by atoms with Crippen LogP contribution in [0.5, 0.6) is 0 Å². The van der Waals surface area contributed by atoms with Gasteiger partial charge in [0.2, 0.25) is 0 Å². The van der Waals surface area contributed by atoms with E-state index in [9.17, 15) is 9.18 Å². The number of benzene rings is 1. The average molecular weight is 123 g/mol. The monoisotopic (exact) mass is 123 g/mol. The Labute approximate surface area is 52.1 Å². The molecule has 0 bridgehead atoms. The molecule has 0 aliphatic rings. The molecule has 0 spiro atoms. The van der Waals surface area contributed by atoms with Gasteiger partial charge in [-0.05, 0) is 0 Å². The average Bonchev–Trinajstić information content (AvgIpc) is 1.89. The van der Waals surface area contributed by atoms with Gasteiger partial charge in [-0.25, -0.2) is 0 Å². The second kappa shape index (κ2) is 2.40. The van der Waals surface area contributed by atoms with E-state index in [0.29, 0.717) is 0 Å². The van der Waals surface area contributed by atoms with Crippen molar-refractivity contribution in [3.8, 4) is 0 Å². The fraction of sp³-hybridized carbons (Fsp3) is 0. The van der Waals surface area contributed by atoms with Gasteiger partial charge in [-0.3, -0.25) is 4.39 Å². The summed E-state index contributed by atoms with van der Waals surface area (Å²) in [7, 11) is 0. The van der Waals surface area contributed by atoms with Crippen LogP contribution in [-0.2, 0) is 4.79 Å². The first-order valence-corrected chi connectivity index (χ1v) is 2.47. The number of hydrogen-bond donors (Lipinski definition) is 0. The van der Waals surface area contributed by atoms with Crippen molar-refractivity contribution in [1.29, 1.82) is 0 Å². The molecule has 1 rings (SSSR count). The van der Waals surface area contributed by atoms with Crippen molar-refractivity contribution in [2.24, 2.45) is 0 Å².